The second kappa shape index (κ2) is 9.15. The first kappa shape index (κ1) is 23.5. The number of rotatable bonds is 7. The first-order valence-electron chi connectivity index (χ1n) is 8.90. The number of halogens is 2. The number of anilines is 3. The van der Waals surface area contributed by atoms with Gasteiger partial charge in [-0.3, -0.25) is 14.2 Å². The molecule has 1 amide bonds. The summed E-state index contributed by atoms with van der Waals surface area (Å²) in [5.74, 6) is -1.06. The molecule has 0 atom stereocenters. The maximum atomic E-state index is 13.0. The Morgan fingerprint density at radius 1 is 0.812 bits per heavy atom. The normalized spacial score (nSPS) is 11.6. The maximum absolute atomic E-state index is 13.0. The summed E-state index contributed by atoms with van der Waals surface area (Å²) in [7, 11) is -7.41. The predicted molar refractivity (Wildman–Crippen MR) is 122 cm³/mol. The molecule has 0 aliphatic carbocycles. The van der Waals surface area contributed by atoms with Gasteiger partial charge in [-0.05, 0) is 66.7 Å². The molecule has 3 rings (SSSR count). The summed E-state index contributed by atoms with van der Waals surface area (Å²) in [6, 6.07) is 14.3. The third-order valence-electron chi connectivity index (χ3n) is 4.04. The van der Waals surface area contributed by atoms with Gasteiger partial charge in [-0.15, -0.1) is 0 Å². The zero-order valence-electron chi connectivity index (χ0n) is 16.5. The van der Waals surface area contributed by atoms with Crippen LogP contribution in [0.3, 0.4) is 0 Å². The fourth-order valence-electron chi connectivity index (χ4n) is 2.62. The van der Waals surface area contributed by atoms with Crippen LogP contribution in [0.25, 0.3) is 0 Å². The molecule has 0 aromatic heterocycles. The highest BCUT2D eigenvalue weighted by molar-refractivity contribution is 7.92. The van der Waals surface area contributed by atoms with E-state index in [1.165, 1.54) is 54.6 Å². The van der Waals surface area contributed by atoms with Crippen molar-refractivity contribution < 1.29 is 26.0 Å². The SMILES string of the molecule is CS(=O)(=O)Nc1ccc(C(=O)Nc2ccc(S(=O)(=O)Nc3ccc(F)cc3)cc2)c(Cl)c1. The summed E-state index contributed by atoms with van der Waals surface area (Å²) in [4.78, 5) is 12.4. The van der Waals surface area contributed by atoms with Crippen molar-refractivity contribution in [1.29, 1.82) is 0 Å². The van der Waals surface area contributed by atoms with Gasteiger partial charge in [-0.2, -0.15) is 0 Å². The van der Waals surface area contributed by atoms with Gasteiger partial charge < -0.3 is 5.32 Å². The van der Waals surface area contributed by atoms with Crippen molar-refractivity contribution in [3.8, 4) is 0 Å². The lowest BCUT2D eigenvalue weighted by Gasteiger charge is -2.11. The Morgan fingerprint density at radius 2 is 1.38 bits per heavy atom. The zero-order valence-corrected chi connectivity index (χ0v) is 18.9. The molecule has 0 unspecified atom stereocenters. The van der Waals surface area contributed by atoms with Crippen LogP contribution in [0.1, 0.15) is 10.4 Å². The standard InChI is InChI=1S/C20H17ClFN3O5S2/c1-31(27,28)24-16-8-11-18(19(21)12-16)20(26)23-14-6-9-17(10-7-14)32(29,30)25-15-4-2-13(22)3-5-15/h2-12,24-25H,1H3,(H,23,26). The molecular weight excluding hydrogens is 481 g/mol. The van der Waals surface area contributed by atoms with Crippen molar-refractivity contribution in [3.63, 3.8) is 0 Å². The van der Waals surface area contributed by atoms with E-state index < -0.39 is 31.8 Å². The third-order valence-corrected chi connectivity index (χ3v) is 6.35. The van der Waals surface area contributed by atoms with Crippen LogP contribution in [0, 0.1) is 5.82 Å². The van der Waals surface area contributed by atoms with Gasteiger partial charge in [-0.25, -0.2) is 21.2 Å². The van der Waals surface area contributed by atoms with E-state index in [1.807, 2.05) is 0 Å². The molecule has 3 aromatic rings. The van der Waals surface area contributed by atoms with Crippen molar-refractivity contribution in [1.82, 2.24) is 0 Å². The lowest BCUT2D eigenvalue weighted by molar-refractivity contribution is 0.102. The van der Waals surface area contributed by atoms with Crippen LogP contribution in [-0.2, 0) is 20.0 Å². The summed E-state index contributed by atoms with van der Waals surface area (Å²) in [6.45, 7) is 0. The highest BCUT2D eigenvalue weighted by atomic mass is 35.5. The Bertz CT molecular complexity index is 1360. The molecule has 0 aliphatic rings. The van der Waals surface area contributed by atoms with E-state index in [4.69, 9.17) is 11.6 Å². The first-order chi connectivity index (χ1) is 14.9. The van der Waals surface area contributed by atoms with Gasteiger partial charge in [0.25, 0.3) is 15.9 Å². The minimum Gasteiger partial charge on any atom is -0.322 e. The molecule has 0 bridgehead atoms. The second-order valence-electron chi connectivity index (χ2n) is 6.66. The molecule has 12 heteroatoms. The van der Waals surface area contributed by atoms with Gasteiger partial charge in [0.05, 0.1) is 21.7 Å². The number of amides is 1. The van der Waals surface area contributed by atoms with E-state index in [0.717, 1.165) is 18.4 Å². The number of sulfonamides is 2. The minimum absolute atomic E-state index is 0.0267. The van der Waals surface area contributed by atoms with Crippen LogP contribution in [0.5, 0.6) is 0 Å². The Morgan fingerprint density at radius 3 is 1.94 bits per heavy atom. The lowest BCUT2D eigenvalue weighted by atomic mass is 10.2. The molecule has 0 fully saturated rings. The Hall–Kier alpha value is -3.15. The molecular formula is C20H17ClFN3O5S2. The average Bonchev–Trinajstić information content (AvgIpc) is 2.69. The number of carbonyl (C=O) groups excluding carboxylic acids is 1. The largest absolute Gasteiger partial charge is 0.322 e. The fraction of sp³-hybridized carbons (Fsp3) is 0.0500. The molecule has 0 saturated carbocycles. The summed E-state index contributed by atoms with van der Waals surface area (Å²) in [6.07, 6.45) is 0.987. The molecule has 0 saturated heterocycles. The molecule has 8 nitrogen and oxygen atoms in total. The second-order valence-corrected chi connectivity index (χ2v) is 10.5. The average molecular weight is 498 g/mol. The van der Waals surface area contributed by atoms with E-state index in [0.29, 0.717) is 5.69 Å². The van der Waals surface area contributed by atoms with Crippen molar-refractivity contribution in [2.24, 2.45) is 0 Å². The van der Waals surface area contributed by atoms with E-state index >= 15 is 0 Å². The summed E-state index contributed by atoms with van der Waals surface area (Å²) in [5, 5.41) is 2.61. The Kier molecular flexibility index (Phi) is 6.72. The molecule has 168 valence electrons. The number of benzene rings is 3. The van der Waals surface area contributed by atoms with Crippen LogP contribution < -0.4 is 14.8 Å². The Labute approximate surface area is 189 Å². The van der Waals surface area contributed by atoms with Crippen molar-refractivity contribution in [3.05, 3.63) is 83.1 Å². The minimum atomic E-state index is -3.91. The topological polar surface area (TPSA) is 121 Å². The van der Waals surface area contributed by atoms with Crippen LogP contribution in [-0.4, -0.2) is 29.0 Å². The highest BCUT2D eigenvalue weighted by Crippen LogP contribution is 2.24. The molecule has 32 heavy (non-hydrogen) atoms. The molecule has 0 aliphatic heterocycles. The maximum Gasteiger partial charge on any atom is 0.261 e. The monoisotopic (exact) mass is 497 g/mol. The van der Waals surface area contributed by atoms with Gasteiger partial charge in [0.1, 0.15) is 5.82 Å². The molecule has 3 aromatic carbocycles. The summed E-state index contributed by atoms with van der Waals surface area (Å²) >= 11 is 6.08. The van der Waals surface area contributed by atoms with Crippen LogP contribution >= 0.6 is 11.6 Å². The molecule has 0 heterocycles. The fourth-order valence-corrected chi connectivity index (χ4v) is 4.50. The predicted octanol–water partition coefficient (Wildman–Crippen LogP) is 3.90. The van der Waals surface area contributed by atoms with E-state index in [-0.39, 0.29) is 26.9 Å². The van der Waals surface area contributed by atoms with E-state index in [2.05, 4.69) is 14.8 Å². The number of carbonyl (C=O) groups is 1. The summed E-state index contributed by atoms with van der Waals surface area (Å²) < 4.78 is 65.1. The van der Waals surface area contributed by atoms with Gasteiger partial charge in [0.15, 0.2) is 0 Å². The number of hydrogen-bond donors (Lipinski definition) is 3. The van der Waals surface area contributed by atoms with Crippen molar-refractivity contribution in [2.75, 3.05) is 21.0 Å². The van der Waals surface area contributed by atoms with E-state index in [9.17, 15) is 26.0 Å². The zero-order chi connectivity index (χ0) is 23.5. The van der Waals surface area contributed by atoms with Crippen LogP contribution in [0.2, 0.25) is 5.02 Å². The molecule has 0 spiro atoms. The smallest absolute Gasteiger partial charge is 0.261 e. The highest BCUT2D eigenvalue weighted by Gasteiger charge is 2.16. The van der Waals surface area contributed by atoms with Gasteiger partial charge in [-0.1, -0.05) is 11.6 Å². The number of nitrogens with one attached hydrogen (secondary N) is 3. The van der Waals surface area contributed by atoms with Crippen LogP contribution in [0.4, 0.5) is 21.5 Å². The quantitative estimate of drug-likeness (QED) is 0.457. The van der Waals surface area contributed by atoms with Crippen molar-refractivity contribution >= 4 is 54.6 Å². The molecule has 3 N–H and O–H groups in total. The lowest BCUT2D eigenvalue weighted by Crippen LogP contribution is -2.15. The Balaban J connectivity index is 1.71. The van der Waals surface area contributed by atoms with Gasteiger partial charge >= 0.3 is 0 Å². The van der Waals surface area contributed by atoms with Crippen LogP contribution in [0.15, 0.2) is 71.6 Å². The number of hydrogen-bond acceptors (Lipinski definition) is 5. The first-order valence-corrected chi connectivity index (χ1v) is 12.7. The van der Waals surface area contributed by atoms with E-state index in [1.54, 1.807) is 0 Å². The summed E-state index contributed by atoms with van der Waals surface area (Å²) in [5.41, 5.74) is 0.815. The van der Waals surface area contributed by atoms with Crippen molar-refractivity contribution in [2.45, 2.75) is 4.90 Å². The van der Waals surface area contributed by atoms with Gasteiger partial charge in [0, 0.05) is 17.1 Å². The third kappa shape index (κ3) is 6.19. The molecule has 0 radical (unpaired) electrons. The van der Waals surface area contributed by atoms with Gasteiger partial charge in [0.2, 0.25) is 10.0 Å².